The van der Waals surface area contributed by atoms with Gasteiger partial charge in [0.15, 0.2) is 5.79 Å². The van der Waals surface area contributed by atoms with E-state index in [0.29, 0.717) is 0 Å². The molecule has 0 aromatic heterocycles. The second-order valence-electron chi connectivity index (χ2n) is 3.96. The number of hydrogen-bond donors (Lipinski definition) is 0. The van der Waals surface area contributed by atoms with Crippen molar-refractivity contribution in [1.82, 2.24) is 4.90 Å². The third kappa shape index (κ3) is 2.72. The minimum Gasteiger partial charge on any atom is -0.377 e. The molecule has 0 saturated carbocycles. The number of methoxy groups -OCH3 is 2. The third-order valence-corrected chi connectivity index (χ3v) is 2.50. The molecule has 0 unspecified atom stereocenters. The van der Waals surface area contributed by atoms with Crippen LogP contribution in [0.5, 0.6) is 0 Å². The average molecular weight is 198 g/mol. The fraction of sp³-hybridized carbons (Fsp3) is 0.727. The first-order valence-electron chi connectivity index (χ1n) is 4.94. The number of ether oxygens (including phenoxy) is 2. The van der Waals surface area contributed by atoms with Crippen molar-refractivity contribution in [2.75, 3.05) is 27.3 Å². The van der Waals surface area contributed by atoms with E-state index in [1.54, 1.807) is 14.2 Å². The van der Waals surface area contributed by atoms with E-state index in [2.05, 4.69) is 24.9 Å². The van der Waals surface area contributed by atoms with Crippen LogP contribution in [0, 0.1) is 5.92 Å². The van der Waals surface area contributed by atoms with Gasteiger partial charge < -0.3 is 14.4 Å². The first kappa shape index (κ1) is 11.5. The van der Waals surface area contributed by atoms with Crippen molar-refractivity contribution >= 4 is 0 Å². The minimum atomic E-state index is -0.502. The van der Waals surface area contributed by atoms with Gasteiger partial charge in [-0.25, -0.2) is 0 Å². The highest BCUT2D eigenvalue weighted by atomic mass is 16.7. The lowest BCUT2D eigenvalue weighted by Gasteiger charge is -2.35. The summed E-state index contributed by atoms with van der Waals surface area (Å²) in [6, 6.07) is 0. The van der Waals surface area contributed by atoms with E-state index >= 15 is 0 Å². The van der Waals surface area contributed by atoms with Gasteiger partial charge in [0.1, 0.15) is 0 Å². The molecule has 1 aliphatic heterocycles. The molecule has 0 aromatic rings. The molecule has 0 saturated heterocycles. The van der Waals surface area contributed by atoms with Crippen LogP contribution in [0.2, 0.25) is 0 Å². The van der Waals surface area contributed by atoms with Crippen LogP contribution in [0.3, 0.4) is 0 Å². The highest BCUT2D eigenvalue weighted by Gasteiger charge is 2.29. The van der Waals surface area contributed by atoms with Gasteiger partial charge in [-0.15, -0.1) is 0 Å². The summed E-state index contributed by atoms with van der Waals surface area (Å²) in [6.45, 7) is 6.27. The fourth-order valence-corrected chi connectivity index (χ4v) is 1.64. The summed E-state index contributed by atoms with van der Waals surface area (Å²) in [5, 5.41) is 0. The van der Waals surface area contributed by atoms with E-state index in [9.17, 15) is 0 Å². The van der Waals surface area contributed by atoms with Gasteiger partial charge in [-0.05, 0) is 12.0 Å². The zero-order chi connectivity index (χ0) is 10.6. The Bertz CT molecular complexity index is 197. The van der Waals surface area contributed by atoms with E-state index in [-0.39, 0.29) is 0 Å². The van der Waals surface area contributed by atoms with E-state index in [0.717, 1.165) is 19.5 Å². The van der Waals surface area contributed by atoms with Crippen molar-refractivity contribution in [3.8, 4) is 0 Å². The molecule has 14 heavy (non-hydrogen) atoms. The normalized spacial score (nSPS) is 20.5. The van der Waals surface area contributed by atoms with Crippen LogP contribution in [0.15, 0.2) is 12.3 Å². The van der Waals surface area contributed by atoms with Gasteiger partial charge in [0.05, 0.1) is 0 Å². The second-order valence-corrected chi connectivity index (χ2v) is 3.96. The Morgan fingerprint density at radius 2 is 2.00 bits per heavy atom. The van der Waals surface area contributed by atoms with E-state index in [1.807, 2.05) is 6.08 Å². The molecule has 0 spiro atoms. The maximum absolute atomic E-state index is 5.34. The predicted octanol–water partition coefficient (Wildman–Crippen LogP) is 1.81. The zero-order valence-corrected chi connectivity index (χ0v) is 9.54. The molecule has 0 aliphatic carbocycles. The Labute approximate surface area is 86.7 Å². The molecule has 0 amide bonds. The lowest BCUT2D eigenvalue weighted by atomic mass is 10.1. The van der Waals surface area contributed by atoms with E-state index < -0.39 is 5.79 Å². The summed E-state index contributed by atoms with van der Waals surface area (Å²) >= 11 is 0. The molecule has 0 N–H and O–H groups in total. The molecule has 1 aliphatic rings. The monoisotopic (exact) mass is 198 g/mol. The standard InChI is InChI=1S/C11H20NO2/c1-10(2)9-12-7-5-11(13-3,14-4)6-8-12/h5,7H,6,8-9H2,1-4H3. The van der Waals surface area contributed by atoms with Crippen molar-refractivity contribution in [2.24, 2.45) is 0 Å². The van der Waals surface area contributed by atoms with Gasteiger partial charge in [-0.1, -0.05) is 13.8 Å². The van der Waals surface area contributed by atoms with Gasteiger partial charge in [-0.3, -0.25) is 0 Å². The van der Waals surface area contributed by atoms with Gasteiger partial charge >= 0.3 is 0 Å². The lowest BCUT2D eigenvalue weighted by molar-refractivity contribution is -0.180. The molecule has 0 atom stereocenters. The third-order valence-electron chi connectivity index (χ3n) is 2.50. The summed E-state index contributed by atoms with van der Waals surface area (Å²) in [4.78, 5) is 2.27. The molecule has 3 nitrogen and oxygen atoms in total. The van der Waals surface area contributed by atoms with Crippen LogP contribution in [-0.4, -0.2) is 38.0 Å². The number of nitrogens with zero attached hydrogens (tertiary/aromatic N) is 1. The minimum absolute atomic E-state index is 0.502. The Balaban J connectivity index is 2.53. The van der Waals surface area contributed by atoms with Crippen molar-refractivity contribution in [3.63, 3.8) is 0 Å². The van der Waals surface area contributed by atoms with Crippen LogP contribution >= 0.6 is 0 Å². The highest BCUT2D eigenvalue weighted by Crippen LogP contribution is 2.23. The van der Waals surface area contributed by atoms with Crippen LogP contribution in [0.25, 0.3) is 0 Å². The largest absolute Gasteiger partial charge is 0.377 e. The van der Waals surface area contributed by atoms with Gasteiger partial charge in [0.2, 0.25) is 0 Å². The Kier molecular flexibility index (Phi) is 3.96. The number of rotatable bonds is 4. The highest BCUT2D eigenvalue weighted by molar-refractivity contribution is 5.03. The molecule has 0 fully saturated rings. The Hall–Kier alpha value is -0.540. The molecular formula is C11H20NO2. The van der Waals surface area contributed by atoms with Crippen molar-refractivity contribution in [3.05, 3.63) is 18.2 Å². The zero-order valence-electron chi connectivity index (χ0n) is 9.54. The van der Waals surface area contributed by atoms with Crippen molar-refractivity contribution in [2.45, 2.75) is 26.1 Å². The van der Waals surface area contributed by atoms with Crippen molar-refractivity contribution < 1.29 is 9.47 Å². The molecular weight excluding hydrogens is 178 g/mol. The van der Waals surface area contributed by atoms with Crippen LogP contribution in [0.1, 0.15) is 20.3 Å². The van der Waals surface area contributed by atoms with Gasteiger partial charge in [0, 0.05) is 39.9 Å². The molecule has 1 rings (SSSR count). The maximum atomic E-state index is 5.34. The Morgan fingerprint density at radius 3 is 2.36 bits per heavy atom. The second kappa shape index (κ2) is 4.80. The van der Waals surface area contributed by atoms with Gasteiger partial charge in [0.25, 0.3) is 0 Å². The van der Waals surface area contributed by atoms with E-state index in [4.69, 9.17) is 9.47 Å². The summed E-state index contributed by atoms with van der Waals surface area (Å²) in [5.74, 6) is 0.912. The average Bonchev–Trinajstić information content (AvgIpc) is 2.19. The summed E-state index contributed by atoms with van der Waals surface area (Å²) in [5.41, 5.74) is 0. The molecule has 0 aromatic carbocycles. The van der Waals surface area contributed by atoms with Crippen molar-refractivity contribution in [1.29, 1.82) is 0 Å². The van der Waals surface area contributed by atoms with Crippen LogP contribution < -0.4 is 0 Å². The van der Waals surface area contributed by atoms with Crippen LogP contribution in [0.4, 0.5) is 0 Å². The summed E-state index contributed by atoms with van der Waals surface area (Å²) in [7, 11) is 3.36. The topological polar surface area (TPSA) is 21.7 Å². The predicted molar refractivity (Wildman–Crippen MR) is 56.7 cm³/mol. The van der Waals surface area contributed by atoms with Gasteiger partial charge in [-0.2, -0.15) is 0 Å². The molecule has 1 radical (unpaired) electrons. The van der Waals surface area contributed by atoms with E-state index in [1.165, 1.54) is 5.92 Å². The quantitative estimate of drug-likeness (QED) is 0.643. The van der Waals surface area contributed by atoms with Crippen LogP contribution in [-0.2, 0) is 9.47 Å². The molecule has 1 heterocycles. The first-order chi connectivity index (χ1) is 6.62. The first-order valence-corrected chi connectivity index (χ1v) is 4.94. The maximum Gasteiger partial charge on any atom is 0.190 e. The lowest BCUT2D eigenvalue weighted by Crippen LogP contribution is -2.40. The molecule has 81 valence electrons. The Morgan fingerprint density at radius 1 is 1.36 bits per heavy atom. The molecule has 0 bridgehead atoms. The number of hydrogen-bond acceptors (Lipinski definition) is 3. The summed E-state index contributed by atoms with van der Waals surface area (Å²) in [6.07, 6.45) is 4.92. The fourth-order valence-electron chi connectivity index (χ4n) is 1.64. The molecule has 3 heteroatoms. The summed E-state index contributed by atoms with van der Waals surface area (Å²) < 4.78 is 10.7. The smallest absolute Gasteiger partial charge is 0.190 e. The SMILES string of the molecule is COC1(OC)C=CN(C[C](C)C)CC1.